The van der Waals surface area contributed by atoms with Gasteiger partial charge in [-0.15, -0.1) is 0 Å². The zero-order valence-electron chi connectivity index (χ0n) is 16.0. The van der Waals surface area contributed by atoms with Gasteiger partial charge in [-0.05, 0) is 39.8 Å². The van der Waals surface area contributed by atoms with Crippen LogP contribution in [0.3, 0.4) is 0 Å². The average Bonchev–Trinajstić information content (AvgIpc) is 2.61. The van der Waals surface area contributed by atoms with Gasteiger partial charge in [0.1, 0.15) is 11.1 Å². The molecule has 0 fully saturated rings. The highest BCUT2D eigenvalue weighted by Crippen LogP contribution is 2.09. The highest BCUT2D eigenvalue weighted by atomic mass is 16.6. The molecule has 8 nitrogen and oxygen atoms in total. The monoisotopic (exact) mass is 382 g/mol. The van der Waals surface area contributed by atoms with Crippen LogP contribution in [0.5, 0.6) is 0 Å². The topological polar surface area (TPSA) is 108 Å². The lowest BCUT2D eigenvalue weighted by Crippen LogP contribution is -2.18. The summed E-state index contributed by atoms with van der Waals surface area (Å²) in [5.74, 6) is -2.91. The number of aliphatic hydroxyl groups is 1. The van der Waals surface area contributed by atoms with Crippen molar-refractivity contribution in [2.75, 3.05) is 26.4 Å². The molecule has 0 spiro atoms. The van der Waals surface area contributed by atoms with Crippen molar-refractivity contribution in [3.63, 3.8) is 0 Å². The van der Waals surface area contributed by atoms with Crippen LogP contribution in [0, 0.1) is 0 Å². The molecule has 0 radical (unpaired) electrons. The molecule has 0 saturated heterocycles. The number of esters is 3. The molecular formula is C19H26O8. The average molecular weight is 382 g/mol. The Balaban J connectivity index is 5.38. The van der Waals surface area contributed by atoms with Crippen LogP contribution in [0.25, 0.3) is 0 Å². The van der Waals surface area contributed by atoms with Crippen molar-refractivity contribution in [3.8, 4) is 0 Å². The molecule has 150 valence electrons. The minimum Gasteiger partial charge on any atom is -0.480 e. The van der Waals surface area contributed by atoms with Crippen LogP contribution in [0.15, 0.2) is 47.5 Å². The summed E-state index contributed by atoms with van der Waals surface area (Å²) in [4.78, 5) is 35.4. The number of rotatable bonds is 11. The van der Waals surface area contributed by atoms with Gasteiger partial charge in [0.15, 0.2) is 0 Å². The van der Waals surface area contributed by atoms with E-state index in [4.69, 9.17) is 18.9 Å². The third-order valence-corrected chi connectivity index (χ3v) is 2.75. The van der Waals surface area contributed by atoms with Crippen LogP contribution < -0.4 is 0 Å². The standard InChI is InChI=1S/C19H26O8/c1-5-24-16(20)14(17(21)25-6-2)12-10-9-11-13-15(18(22)26-7-3)19(23)27-8-4/h9-13,20H,5-8H2,1-4H3/b11-9+,12-10+,16-14-. The van der Waals surface area contributed by atoms with Crippen molar-refractivity contribution in [1.29, 1.82) is 0 Å². The molecule has 0 aromatic rings. The van der Waals surface area contributed by atoms with Crippen LogP contribution >= 0.6 is 0 Å². The summed E-state index contributed by atoms with van der Waals surface area (Å²) in [6.45, 7) is 7.06. The van der Waals surface area contributed by atoms with E-state index in [-0.39, 0.29) is 37.6 Å². The first-order chi connectivity index (χ1) is 12.9. The zero-order chi connectivity index (χ0) is 20.7. The maximum atomic E-state index is 11.8. The third-order valence-electron chi connectivity index (χ3n) is 2.75. The molecule has 1 N–H and O–H groups in total. The zero-order valence-corrected chi connectivity index (χ0v) is 16.0. The lowest BCUT2D eigenvalue weighted by atomic mass is 10.2. The van der Waals surface area contributed by atoms with Crippen LogP contribution in [0.2, 0.25) is 0 Å². The molecule has 0 heterocycles. The second-order valence-corrected chi connectivity index (χ2v) is 4.64. The van der Waals surface area contributed by atoms with Crippen molar-refractivity contribution in [3.05, 3.63) is 47.5 Å². The lowest BCUT2D eigenvalue weighted by Gasteiger charge is -2.06. The minimum absolute atomic E-state index is 0.115. The molecular weight excluding hydrogens is 356 g/mol. The molecule has 0 aromatic heterocycles. The molecule has 0 aliphatic carbocycles. The van der Waals surface area contributed by atoms with Crippen molar-refractivity contribution in [2.24, 2.45) is 0 Å². The molecule has 0 aliphatic heterocycles. The predicted molar refractivity (Wildman–Crippen MR) is 97.5 cm³/mol. The van der Waals surface area contributed by atoms with Crippen molar-refractivity contribution >= 4 is 17.9 Å². The van der Waals surface area contributed by atoms with E-state index in [1.54, 1.807) is 27.7 Å². The Hall–Kier alpha value is -3.03. The van der Waals surface area contributed by atoms with Gasteiger partial charge in [-0.25, -0.2) is 14.4 Å². The van der Waals surface area contributed by atoms with Crippen LogP contribution in [-0.4, -0.2) is 49.4 Å². The fraction of sp³-hybridized carbons (Fsp3) is 0.421. The molecule has 0 unspecified atom stereocenters. The number of hydrogen-bond acceptors (Lipinski definition) is 8. The molecule has 0 aliphatic rings. The summed E-state index contributed by atoms with van der Waals surface area (Å²) in [5.41, 5.74) is -0.426. The highest BCUT2D eigenvalue weighted by Gasteiger charge is 2.19. The molecule has 8 heteroatoms. The Bertz CT molecular complexity index is 606. The third kappa shape index (κ3) is 9.29. The first-order valence-corrected chi connectivity index (χ1v) is 8.55. The lowest BCUT2D eigenvalue weighted by molar-refractivity contribution is -0.146. The Morgan fingerprint density at radius 1 is 0.704 bits per heavy atom. The van der Waals surface area contributed by atoms with Gasteiger partial charge in [0.25, 0.3) is 5.95 Å². The van der Waals surface area contributed by atoms with Crippen molar-refractivity contribution in [1.82, 2.24) is 0 Å². The quantitative estimate of drug-likeness (QED) is 0.110. The smallest absolute Gasteiger partial charge is 0.345 e. The van der Waals surface area contributed by atoms with Gasteiger partial charge in [-0.2, -0.15) is 0 Å². The fourth-order valence-electron chi connectivity index (χ4n) is 1.65. The Kier molecular flexibility index (Phi) is 12.6. The number of ether oxygens (including phenoxy) is 4. The van der Waals surface area contributed by atoms with Gasteiger partial charge in [0, 0.05) is 0 Å². The second kappa shape index (κ2) is 14.2. The number of carbonyl (C=O) groups is 3. The summed E-state index contributed by atoms with van der Waals surface area (Å²) in [6, 6.07) is 0. The summed E-state index contributed by atoms with van der Waals surface area (Å²) >= 11 is 0. The van der Waals surface area contributed by atoms with Gasteiger partial charge in [-0.1, -0.05) is 18.2 Å². The molecule has 0 aromatic carbocycles. The van der Waals surface area contributed by atoms with E-state index in [1.807, 2.05) is 0 Å². The Morgan fingerprint density at radius 2 is 1.19 bits per heavy atom. The maximum Gasteiger partial charge on any atom is 0.345 e. The normalized spacial score (nSPS) is 11.7. The largest absolute Gasteiger partial charge is 0.480 e. The van der Waals surface area contributed by atoms with Gasteiger partial charge in [0.05, 0.1) is 26.4 Å². The Morgan fingerprint density at radius 3 is 1.67 bits per heavy atom. The van der Waals surface area contributed by atoms with E-state index >= 15 is 0 Å². The van der Waals surface area contributed by atoms with E-state index in [2.05, 4.69) is 0 Å². The minimum atomic E-state index is -0.800. The van der Waals surface area contributed by atoms with Gasteiger partial charge >= 0.3 is 17.9 Å². The number of carbonyl (C=O) groups excluding carboxylic acids is 3. The number of hydrogen-bond donors (Lipinski definition) is 1. The predicted octanol–water partition coefficient (Wildman–Crippen LogP) is 2.52. The number of allylic oxidation sites excluding steroid dienone is 4. The van der Waals surface area contributed by atoms with Gasteiger partial charge < -0.3 is 24.1 Å². The van der Waals surface area contributed by atoms with E-state index in [0.29, 0.717) is 0 Å². The van der Waals surface area contributed by atoms with E-state index in [0.717, 1.165) is 0 Å². The van der Waals surface area contributed by atoms with Gasteiger partial charge in [-0.3, -0.25) is 0 Å². The summed E-state index contributed by atoms with van der Waals surface area (Å²) in [5, 5.41) is 9.76. The summed E-state index contributed by atoms with van der Waals surface area (Å²) in [7, 11) is 0. The second-order valence-electron chi connectivity index (χ2n) is 4.64. The Labute approximate surface area is 158 Å². The van der Waals surface area contributed by atoms with Crippen molar-refractivity contribution < 1.29 is 38.4 Å². The first kappa shape index (κ1) is 24.0. The number of aliphatic hydroxyl groups excluding tert-OH is 1. The summed E-state index contributed by atoms with van der Waals surface area (Å²) < 4.78 is 19.4. The van der Waals surface area contributed by atoms with E-state index in [1.165, 1.54) is 30.4 Å². The van der Waals surface area contributed by atoms with E-state index < -0.39 is 23.9 Å². The van der Waals surface area contributed by atoms with Gasteiger partial charge in [0.2, 0.25) is 0 Å². The highest BCUT2D eigenvalue weighted by molar-refractivity contribution is 6.14. The van der Waals surface area contributed by atoms with Crippen LogP contribution in [-0.2, 0) is 33.3 Å². The fourth-order valence-corrected chi connectivity index (χ4v) is 1.65. The first-order valence-electron chi connectivity index (χ1n) is 8.55. The maximum absolute atomic E-state index is 11.8. The molecule has 27 heavy (non-hydrogen) atoms. The van der Waals surface area contributed by atoms with Crippen LogP contribution in [0.1, 0.15) is 27.7 Å². The molecule has 0 saturated carbocycles. The van der Waals surface area contributed by atoms with Crippen molar-refractivity contribution in [2.45, 2.75) is 27.7 Å². The molecule has 0 amide bonds. The SMILES string of the molecule is CCOC(=O)C(=C/C=C/C=C/C(C(=O)OCC)=C(\O)OCC)C(=O)OCC. The molecule has 0 atom stereocenters. The van der Waals surface area contributed by atoms with Crippen LogP contribution in [0.4, 0.5) is 0 Å². The summed E-state index contributed by atoms with van der Waals surface area (Å²) in [6.07, 6.45) is 6.75. The van der Waals surface area contributed by atoms with E-state index in [9.17, 15) is 19.5 Å². The molecule has 0 rings (SSSR count). The molecule has 0 bridgehead atoms.